The number of carbonyl (C=O) groups excluding carboxylic acids is 2. The van der Waals surface area contributed by atoms with E-state index in [0.717, 1.165) is 10.6 Å². The van der Waals surface area contributed by atoms with Crippen LogP contribution in [0.4, 0.5) is 5.13 Å². The predicted octanol–water partition coefficient (Wildman–Crippen LogP) is 4.13. The number of anilines is 1. The highest BCUT2D eigenvalue weighted by Crippen LogP contribution is 2.33. The molecule has 25 heavy (non-hydrogen) atoms. The maximum Gasteiger partial charge on any atom is 0.266 e. The molecule has 0 aromatic carbocycles. The fourth-order valence-electron chi connectivity index (χ4n) is 2.19. The Labute approximate surface area is 163 Å². The van der Waals surface area contributed by atoms with Gasteiger partial charge in [-0.2, -0.15) is 0 Å². The maximum atomic E-state index is 12.5. The summed E-state index contributed by atoms with van der Waals surface area (Å²) in [5.41, 5.74) is 0.885. The third kappa shape index (κ3) is 4.75. The van der Waals surface area contributed by atoms with Gasteiger partial charge in [0.2, 0.25) is 5.91 Å². The van der Waals surface area contributed by atoms with Crippen molar-refractivity contribution in [3.8, 4) is 0 Å². The number of nitrogens with one attached hydrogen (secondary N) is 1. The molecule has 0 saturated carbocycles. The molecule has 3 rings (SSSR count). The van der Waals surface area contributed by atoms with Crippen LogP contribution in [0.3, 0.4) is 0 Å². The summed E-state index contributed by atoms with van der Waals surface area (Å²) in [6, 6.07) is 3.90. The van der Waals surface area contributed by atoms with Crippen molar-refractivity contribution in [1.82, 2.24) is 9.88 Å². The summed E-state index contributed by atoms with van der Waals surface area (Å²) in [4.78, 5) is 31.8. The van der Waals surface area contributed by atoms with Gasteiger partial charge in [0.1, 0.15) is 4.32 Å². The lowest BCUT2D eigenvalue weighted by Crippen LogP contribution is -2.29. The van der Waals surface area contributed by atoms with Gasteiger partial charge in [-0.1, -0.05) is 30.0 Å². The normalized spacial score (nSPS) is 16.0. The number of amides is 2. The van der Waals surface area contributed by atoms with Gasteiger partial charge >= 0.3 is 0 Å². The summed E-state index contributed by atoms with van der Waals surface area (Å²) in [7, 11) is 0. The minimum Gasteiger partial charge on any atom is -0.302 e. The van der Waals surface area contributed by atoms with Gasteiger partial charge in [-0.05, 0) is 30.9 Å². The SMILES string of the molecule is Cc1csc(NC(=O)CCCN2C(=O)/C(=C/c3cccs3)SC2=S)n1. The molecule has 5 nitrogen and oxygen atoms in total. The molecule has 1 aliphatic rings. The van der Waals surface area contributed by atoms with Crippen molar-refractivity contribution >= 4 is 74.0 Å². The molecule has 2 aromatic rings. The molecule has 0 atom stereocenters. The monoisotopic (exact) mass is 409 g/mol. The number of carbonyl (C=O) groups is 2. The quantitative estimate of drug-likeness (QED) is 0.574. The van der Waals surface area contributed by atoms with Crippen LogP contribution in [-0.4, -0.2) is 32.6 Å². The highest BCUT2D eigenvalue weighted by atomic mass is 32.2. The van der Waals surface area contributed by atoms with Crippen LogP contribution in [0.15, 0.2) is 27.8 Å². The Hall–Kier alpha value is -1.55. The van der Waals surface area contributed by atoms with Crippen LogP contribution < -0.4 is 5.32 Å². The van der Waals surface area contributed by atoms with Gasteiger partial charge in [0, 0.05) is 23.2 Å². The zero-order valence-electron chi connectivity index (χ0n) is 13.4. The molecule has 9 heteroatoms. The van der Waals surface area contributed by atoms with E-state index >= 15 is 0 Å². The molecule has 0 bridgehead atoms. The summed E-state index contributed by atoms with van der Waals surface area (Å²) in [5.74, 6) is -0.187. The predicted molar refractivity (Wildman–Crippen MR) is 109 cm³/mol. The first-order valence-electron chi connectivity index (χ1n) is 7.54. The zero-order valence-corrected chi connectivity index (χ0v) is 16.6. The lowest BCUT2D eigenvalue weighted by atomic mass is 10.2. The molecule has 0 aliphatic carbocycles. The first kappa shape index (κ1) is 18.2. The molecule has 3 heterocycles. The number of thiocarbonyl (C=S) groups is 1. The Morgan fingerprint density at radius 3 is 2.96 bits per heavy atom. The van der Waals surface area contributed by atoms with Crippen LogP contribution in [0.2, 0.25) is 0 Å². The van der Waals surface area contributed by atoms with E-state index < -0.39 is 0 Å². The lowest BCUT2D eigenvalue weighted by Gasteiger charge is -2.13. The highest BCUT2D eigenvalue weighted by molar-refractivity contribution is 8.26. The van der Waals surface area contributed by atoms with Crippen molar-refractivity contribution in [2.75, 3.05) is 11.9 Å². The largest absolute Gasteiger partial charge is 0.302 e. The summed E-state index contributed by atoms with van der Waals surface area (Å²) < 4.78 is 0.545. The highest BCUT2D eigenvalue weighted by Gasteiger charge is 2.31. The van der Waals surface area contributed by atoms with E-state index in [1.807, 2.05) is 35.9 Å². The number of hydrogen-bond acceptors (Lipinski definition) is 7. The van der Waals surface area contributed by atoms with Crippen LogP contribution in [-0.2, 0) is 9.59 Å². The van der Waals surface area contributed by atoms with E-state index in [1.54, 1.807) is 16.2 Å². The zero-order chi connectivity index (χ0) is 17.8. The topological polar surface area (TPSA) is 62.3 Å². The van der Waals surface area contributed by atoms with Crippen LogP contribution in [0.25, 0.3) is 6.08 Å². The van der Waals surface area contributed by atoms with Gasteiger partial charge in [0.25, 0.3) is 5.91 Å². The molecule has 1 N–H and O–H groups in total. The molecule has 2 amide bonds. The number of thiophene rings is 1. The van der Waals surface area contributed by atoms with Gasteiger partial charge in [0.05, 0.1) is 10.6 Å². The molecule has 1 saturated heterocycles. The molecule has 2 aromatic heterocycles. The second-order valence-electron chi connectivity index (χ2n) is 5.29. The number of aromatic nitrogens is 1. The number of nitrogens with zero attached hydrogens (tertiary/aromatic N) is 2. The maximum absolute atomic E-state index is 12.5. The van der Waals surface area contributed by atoms with Crippen molar-refractivity contribution in [2.24, 2.45) is 0 Å². The van der Waals surface area contributed by atoms with Crippen molar-refractivity contribution in [3.63, 3.8) is 0 Å². The second kappa shape index (κ2) is 8.22. The average Bonchev–Trinajstić information content (AvgIpc) is 3.26. The third-order valence-corrected chi connectivity index (χ3v) is 6.41. The molecule has 0 unspecified atom stereocenters. The lowest BCUT2D eigenvalue weighted by molar-refractivity contribution is -0.122. The Balaban J connectivity index is 1.50. The van der Waals surface area contributed by atoms with Crippen LogP contribution in [0, 0.1) is 6.92 Å². The van der Waals surface area contributed by atoms with Crippen molar-refractivity contribution in [1.29, 1.82) is 0 Å². The first-order valence-corrected chi connectivity index (χ1v) is 10.5. The van der Waals surface area contributed by atoms with Crippen LogP contribution in [0.5, 0.6) is 0 Å². The van der Waals surface area contributed by atoms with E-state index in [-0.39, 0.29) is 11.8 Å². The molecular weight excluding hydrogens is 394 g/mol. The fraction of sp³-hybridized carbons (Fsp3) is 0.250. The summed E-state index contributed by atoms with van der Waals surface area (Å²) >= 11 is 9.59. The molecule has 130 valence electrons. The van der Waals surface area contributed by atoms with Gasteiger partial charge in [-0.25, -0.2) is 4.98 Å². The van der Waals surface area contributed by atoms with Gasteiger partial charge in [-0.3, -0.25) is 14.5 Å². The van der Waals surface area contributed by atoms with Crippen LogP contribution >= 0.6 is 46.7 Å². The first-order chi connectivity index (χ1) is 12.0. The third-order valence-electron chi connectivity index (χ3n) is 3.34. The molecule has 0 spiro atoms. The standard InChI is InChI=1S/C16H15N3O2S4/c1-10-9-24-15(17-10)18-13(20)5-2-6-19-14(21)12(25-16(19)22)8-11-4-3-7-23-11/h3-4,7-9H,2,5-6H2,1H3,(H,17,18,20)/b12-8-. The number of thiazole rings is 1. The van der Waals surface area contributed by atoms with E-state index in [0.29, 0.717) is 33.7 Å². The number of aryl methyl sites for hydroxylation is 1. The smallest absolute Gasteiger partial charge is 0.266 e. The molecule has 1 fully saturated rings. The van der Waals surface area contributed by atoms with Gasteiger partial charge < -0.3 is 5.32 Å². The van der Waals surface area contributed by atoms with E-state index in [1.165, 1.54) is 23.1 Å². The summed E-state index contributed by atoms with van der Waals surface area (Å²) in [6.07, 6.45) is 2.73. The number of thioether (sulfide) groups is 1. The minimum absolute atomic E-state index is 0.0839. The van der Waals surface area contributed by atoms with Crippen LogP contribution in [0.1, 0.15) is 23.4 Å². The summed E-state index contributed by atoms with van der Waals surface area (Å²) in [5, 5.41) is 7.22. The van der Waals surface area contributed by atoms with Gasteiger partial charge in [-0.15, -0.1) is 22.7 Å². The van der Waals surface area contributed by atoms with E-state index in [4.69, 9.17) is 12.2 Å². The Morgan fingerprint density at radius 2 is 2.28 bits per heavy atom. The molecule has 1 aliphatic heterocycles. The van der Waals surface area contributed by atoms with E-state index in [2.05, 4.69) is 10.3 Å². The Bertz CT molecular complexity index is 826. The Morgan fingerprint density at radius 1 is 1.44 bits per heavy atom. The van der Waals surface area contributed by atoms with E-state index in [9.17, 15) is 9.59 Å². The second-order valence-corrected chi connectivity index (χ2v) is 8.81. The fourth-order valence-corrected chi connectivity index (χ4v) is 4.92. The van der Waals surface area contributed by atoms with Crippen molar-refractivity contribution < 1.29 is 9.59 Å². The van der Waals surface area contributed by atoms with Crippen molar-refractivity contribution in [2.45, 2.75) is 19.8 Å². The molecule has 0 radical (unpaired) electrons. The van der Waals surface area contributed by atoms with Gasteiger partial charge in [0.15, 0.2) is 5.13 Å². The summed E-state index contributed by atoms with van der Waals surface area (Å²) in [6.45, 7) is 2.32. The molecular formula is C16H15N3O2S4. The Kier molecular flexibility index (Phi) is 6.00. The average molecular weight is 410 g/mol. The van der Waals surface area contributed by atoms with Crippen molar-refractivity contribution in [3.05, 3.63) is 38.4 Å². The number of rotatable bonds is 6. The minimum atomic E-state index is -0.103. The number of hydrogen-bond donors (Lipinski definition) is 1.